The first-order valence-electron chi connectivity index (χ1n) is 20.5. The number of thiophene rings is 1. The number of fused-ring (bicyclic) bond motifs is 12. The molecule has 274 valence electrons. The zero-order valence-corrected chi connectivity index (χ0v) is 32.8. The second-order valence-electron chi connectivity index (χ2n) is 16.2. The molecule has 3 aromatic heterocycles. The summed E-state index contributed by atoms with van der Waals surface area (Å²) < 4.78 is 7.75. The van der Waals surface area contributed by atoms with Crippen molar-refractivity contribution in [2.24, 2.45) is 10.9 Å². The van der Waals surface area contributed by atoms with E-state index in [9.17, 15) is 0 Å². The van der Waals surface area contributed by atoms with E-state index in [0.29, 0.717) is 5.92 Å². The van der Waals surface area contributed by atoms with Crippen molar-refractivity contribution in [1.29, 1.82) is 0 Å². The van der Waals surface area contributed by atoms with E-state index in [-0.39, 0.29) is 5.92 Å². The molecule has 0 radical (unpaired) electrons. The predicted molar refractivity (Wildman–Crippen MR) is 244 cm³/mol. The number of allylic oxidation sites excluding steroid dienone is 1. The molecule has 0 bridgehead atoms. The summed E-state index contributed by atoms with van der Waals surface area (Å²) in [7, 11) is 0. The summed E-state index contributed by atoms with van der Waals surface area (Å²) in [6, 6.07) is 54.4. The van der Waals surface area contributed by atoms with Crippen molar-refractivity contribution in [2.45, 2.75) is 44.9 Å². The number of rotatable bonds is 2. The quantitative estimate of drug-likeness (QED) is 0.168. The lowest BCUT2D eigenvalue weighted by Crippen LogP contribution is -2.22. The maximum absolute atomic E-state index is 5.92. The Morgan fingerprint density at radius 1 is 0.596 bits per heavy atom. The summed E-state index contributed by atoms with van der Waals surface area (Å²) in [6.45, 7) is 2.43. The second-order valence-corrected chi connectivity index (χ2v) is 17.3. The molecule has 2 aliphatic rings. The number of hydrogen-bond acceptors (Lipinski definition) is 2. The van der Waals surface area contributed by atoms with Crippen LogP contribution in [0, 0.1) is 5.92 Å². The smallest absolute Gasteiger partial charge is 0.121 e. The molecule has 3 nitrogen and oxygen atoms in total. The van der Waals surface area contributed by atoms with Crippen LogP contribution in [0.2, 0.25) is 0 Å². The zero-order chi connectivity index (χ0) is 37.6. The molecular weight excluding hydrogens is 711 g/mol. The summed E-state index contributed by atoms with van der Waals surface area (Å²) in [6.07, 6.45) is 10.0. The van der Waals surface area contributed by atoms with Gasteiger partial charge in [0.2, 0.25) is 0 Å². The molecule has 0 N–H and O–H groups in total. The Kier molecular flexibility index (Phi) is 7.46. The molecule has 0 fully saturated rings. The maximum Gasteiger partial charge on any atom is 0.121 e. The first kappa shape index (κ1) is 33.0. The van der Waals surface area contributed by atoms with Gasteiger partial charge in [0.05, 0.1) is 27.8 Å². The normalized spacial score (nSPS) is 18.2. The monoisotopic (exact) mass is 751 g/mol. The van der Waals surface area contributed by atoms with Gasteiger partial charge in [-0.15, -0.1) is 11.3 Å². The lowest BCUT2D eigenvalue weighted by Gasteiger charge is -2.24. The molecule has 1 aliphatic carbocycles. The van der Waals surface area contributed by atoms with Gasteiger partial charge >= 0.3 is 0 Å². The molecule has 7 aromatic carbocycles. The van der Waals surface area contributed by atoms with Gasteiger partial charge in [-0.1, -0.05) is 122 Å². The van der Waals surface area contributed by atoms with Crippen molar-refractivity contribution in [2.75, 3.05) is 0 Å². The van der Waals surface area contributed by atoms with Gasteiger partial charge < -0.3 is 4.57 Å². The number of nitrogens with zero attached hydrogens (tertiary/aromatic N) is 3. The third-order valence-electron chi connectivity index (χ3n) is 12.8. The van der Waals surface area contributed by atoms with E-state index in [1.165, 1.54) is 86.0 Å². The highest BCUT2D eigenvalue weighted by molar-refractivity contribution is 7.26. The summed E-state index contributed by atoms with van der Waals surface area (Å²) in [5.41, 5.74) is 12.6. The van der Waals surface area contributed by atoms with Gasteiger partial charge in [0.15, 0.2) is 0 Å². The summed E-state index contributed by atoms with van der Waals surface area (Å²) in [5, 5.41) is 7.84. The Morgan fingerprint density at radius 3 is 2.21 bits per heavy atom. The van der Waals surface area contributed by atoms with Crippen LogP contribution in [0.25, 0.3) is 75.5 Å². The minimum atomic E-state index is 0.0673. The Hall–Kier alpha value is -6.23. The van der Waals surface area contributed by atoms with Gasteiger partial charge in [0.1, 0.15) is 5.84 Å². The largest absolute Gasteiger partial charge is 0.309 e. The highest BCUT2D eigenvalue weighted by Gasteiger charge is 2.30. The van der Waals surface area contributed by atoms with E-state index >= 15 is 0 Å². The van der Waals surface area contributed by atoms with Gasteiger partial charge in [-0.3, -0.25) is 4.57 Å². The Labute approximate surface area is 335 Å². The maximum atomic E-state index is 5.92. The number of benzene rings is 7. The van der Waals surface area contributed by atoms with Crippen LogP contribution >= 0.6 is 11.3 Å². The van der Waals surface area contributed by atoms with E-state index < -0.39 is 0 Å². The van der Waals surface area contributed by atoms with Crippen molar-refractivity contribution in [3.63, 3.8) is 0 Å². The molecule has 4 heterocycles. The number of aromatic nitrogens is 2. The summed E-state index contributed by atoms with van der Waals surface area (Å²) in [4.78, 5) is 5.92. The fourth-order valence-electron chi connectivity index (χ4n) is 10.2. The number of aliphatic imine (C=N–C) groups is 1. The highest BCUT2D eigenvalue weighted by Crippen LogP contribution is 2.45. The van der Waals surface area contributed by atoms with Crippen LogP contribution in [0.3, 0.4) is 0 Å². The summed E-state index contributed by atoms with van der Waals surface area (Å²) in [5.74, 6) is 1.71. The van der Waals surface area contributed by atoms with Crippen molar-refractivity contribution in [1.82, 2.24) is 9.13 Å². The third-order valence-corrected chi connectivity index (χ3v) is 14.1. The van der Waals surface area contributed by atoms with E-state index in [1.807, 2.05) is 11.3 Å². The Balaban J connectivity index is 1.21. The molecule has 2 atom stereocenters. The van der Waals surface area contributed by atoms with Gasteiger partial charge in [-0.25, -0.2) is 4.99 Å². The van der Waals surface area contributed by atoms with Gasteiger partial charge in [0, 0.05) is 53.3 Å². The molecule has 12 rings (SSSR count). The van der Waals surface area contributed by atoms with Crippen LogP contribution < -0.4 is 0 Å². The van der Waals surface area contributed by atoms with E-state index in [0.717, 1.165) is 49.3 Å². The molecule has 0 saturated heterocycles. The van der Waals surface area contributed by atoms with Crippen molar-refractivity contribution in [3.8, 4) is 5.69 Å². The highest BCUT2D eigenvalue weighted by atomic mass is 32.1. The average Bonchev–Trinajstić information content (AvgIpc) is 3.92. The van der Waals surface area contributed by atoms with Crippen LogP contribution in [-0.4, -0.2) is 15.0 Å². The zero-order valence-electron chi connectivity index (χ0n) is 32.0. The standard InChI is InChI=1S/C53H41N3S/c1-33-25-28-43(42-20-12-19-41-40-18-7-11-24-50(40)57-52(41)42)53(54-45-21-8-3-14-35(45)31-33)56-48-30-26-34-13-2-4-15-37(34)51(48)44-29-27-36(32-49(44)56)55-46-22-9-5-16-38(46)39-17-6-10-23-47(39)55/h3-12,14-24,26-27,29-30,32-33,43H,2,13,25,28,31H2,1H3/b54-53+/t33-,43?/m0/s1. The van der Waals surface area contributed by atoms with Crippen LogP contribution in [0.5, 0.6) is 0 Å². The molecular formula is C53H41N3S. The molecule has 57 heavy (non-hydrogen) atoms. The first-order chi connectivity index (χ1) is 28.2. The third kappa shape index (κ3) is 5.06. The predicted octanol–water partition coefficient (Wildman–Crippen LogP) is 14.6. The lowest BCUT2D eigenvalue weighted by atomic mass is 9.87. The Bertz CT molecular complexity index is 3260. The van der Waals surface area contributed by atoms with Gasteiger partial charge in [0.25, 0.3) is 0 Å². The minimum absolute atomic E-state index is 0.0673. The van der Waals surface area contributed by atoms with Crippen molar-refractivity contribution < 1.29 is 0 Å². The van der Waals surface area contributed by atoms with Crippen molar-refractivity contribution >= 4 is 92.7 Å². The topological polar surface area (TPSA) is 22.2 Å². The molecule has 0 saturated carbocycles. The lowest BCUT2D eigenvalue weighted by molar-refractivity contribution is 0.500. The minimum Gasteiger partial charge on any atom is -0.309 e. The fourth-order valence-corrected chi connectivity index (χ4v) is 11.5. The second kappa shape index (κ2) is 12.9. The van der Waals surface area contributed by atoms with Crippen LogP contribution in [0.1, 0.15) is 54.4 Å². The summed E-state index contributed by atoms with van der Waals surface area (Å²) >= 11 is 1.94. The SMILES string of the molecule is C[C@H]1CCC(c2cccc3c2sc2ccccc23)/C(n2c3cc(-n4c5ccccc5c5ccccc54)ccc3c3c4c(ccc32)CCC=C4)=N\c2ccccc2C1. The average molecular weight is 752 g/mol. The van der Waals surface area contributed by atoms with Gasteiger partial charge in [-0.2, -0.15) is 0 Å². The van der Waals surface area contributed by atoms with Gasteiger partial charge in [-0.05, 0) is 103 Å². The van der Waals surface area contributed by atoms with Crippen LogP contribution in [0.15, 0.2) is 157 Å². The van der Waals surface area contributed by atoms with E-state index in [2.05, 4.69) is 174 Å². The first-order valence-corrected chi connectivity index (χ1v) is 21.3. The molecule has 4 heteroatoms. The number of para-hydroxylation sites is 3. The number of aryl methyl sites for hydroxylation is 1. The van der Waals surface area contributed by atoms with Crippen LogP contribution in [-0.2, 0) is 12.8 Å². The number of hydrogen-bond donors (Lipinski definition) is 0. The van der Waals surface area contributed by atoms with Crippen molar-refractivity contribution in [3.05, 3.63) is 174 Å². The van der Waals surface area contributed by atoms with Crippen LogP contribution in [0.4, 0.5) is 5.69 Å². The molecule has 10 aromatic rings. The Morgan fingerprint density at radius 2 is 1.35 bits per heavy atom. The molecule has 0 spiro atoms. The molecule has 1 aliphatic heterocycles. The molecule has 1 unspecified atom stereocenters. The van der Waals surface area contributed by atoms with E-state index in [1.54, 1.807) is 0 Å². The van der Waals surface area contributed by atoms with E-state index in [4.69, 9.17) is 4.99 Å². The molecule has 0 amide bonds. The fraction of sp³-hybridized carbons (Fsp3) is 0.151.